The molecule has 1 rings (SSSR count). The van der Waals surface area contributed by atoms with Crippen LogP contribution in [0.1, 0.15) is 9.67 Å². The van der Waals surface area contributed by atoms with Crippen molar-refractivity contribution in [1.82, 2.24) is 10.4 Å². The molecular weight excluding hydrogens is 160 g/mol. The maximum atomic E-state index is 11.2. The Morgan fingerprint density at radius 1 is 1.64 bits per heavy atom. The van der Waals surface area contributed by atoms with Gasteiger partial charge in [-0.2, -0.15) is 0 Å². The first-order valence-electron chi connectivity index (χ1n) is 3.22. The molecule has 1 aromatic rings. The second-order valence-corrected chi connectivity index (χ2v) is 3.26. The van der Waals surface area contributed by atoms with Gasteiger partial charge in [0.1, 0.15) is 0 Å². The van der Waals surface area contributed by atoms with Gasteiger partial charge in [0.2, 0.25) is 0 Å². The number of carbonyl (C=O) groups is 1. The van der Waals surface area contributed by atoms with Crippen molar-refractivity contribution >= 4 is 17.2 Å². The molecule has 1 aromatic heterocycles. The van der Waals surface area contributed by atoms with Crippen molar-refractivity contribution in [3.8, 4) is 0 Å². The zero-order valence-electron chi connectivity index (χ0n) is 6.50. The third-order valence-electron chi connectivity index (χ3n) is 1.07. The number of hydrogen-bond acceptors (Lipinski definition) is 3. The van der Waals surface area contributed by atoms with Gasteiger partial charge in [0.15, 0.2) is 0 Å². The highest BCUT2D eigenvalue weighted by atomic mass is 32.1. The molecule has 0 unspecified atom stereocenters. The molecule has 11 heavy (non-hydrogen) atoms. The molecule has 60 valence electrons. The van der Waals surface area contributed by atoms with E-state index in [-0.39, 0.29) is 5.91 Å². The number of thiophene rings is 1. The van der Waals surface area contributed by atoms with E-state index < -0.39 is 0 Å². The van der Waals surface area contributed by atoms with Gasteiger partial charge in [0.05, 0.1) is 4.88 Å². The summed E-state index contributed by atoms with van der Waals surface area (Å²) in [7, 11) is 3.57. The van der Waals surface area contributed by atoms with Gasteiger partial charge in [0, 0.05) is 14.1 Å². The molecule has 1 heterocycles. The highest BCUT2D eigenvalue weighted by Crippen LogP contribution is 2.07. The average Bonchev–Trinajstić information content (AvgIpc) is 2.35. The van der Waals surface area contributed by atoms with E-state index in [4.69, 9.17) is 0 Å². The third-order valence-corrected chi connectivity index (χ3v) is 1.94. The molecule has 0 bridgehead atoms. The maximum absolute atomic E-state index is 11.2. The van der Waals surface area contributed by atoms with E-state index in [1.165, 1.54) is 11.3 Å². The maximum Gasteiger partial charge on any atom is 0.275 e. The van der Waals surface area contributed by atoms with Crippen LogP contribution in [0.2, 0.25) is 0 Å². The fourth-order valence-electron chi connectivity index (χ4n) is 0.666. The zero-order chi connectivity index (χ0) is 8.27. The molecule has 0 aliphatic heterocycles. The van der Waals surface area contributed by atoms with E-state index in [0.29, 0.717) is 0 Å². The first-order chi connectivity index (χ1) is 5.20. The molecule has 0 aliphatic carbocycles. The SMILES string of the molecule is CN(C)NC(=O)c1cccs1. The van der Waals surface area contributed by atoms with E-state index in [2.05, 4.69) is 5.43 Å². The minimum atomic E-state index is -0.0509. The Kier molecular flexibility index (Phi) is 2.62. The topological polar surface area (TPSA) is 32.3 Å². The second-order valence-electron chi connectivity index (χ2n) is 2.31. The number of nitrogens with one attached hydrogen (secondary N) is 1. The molecule has 0 fully saturated rings. The molecule has 0 aliphatic rings. The predicted octanol–water partition coefficient (Wildman–Crippen LogP) is 0.954. The summed E-state index contributed by atoms with van der Waals surface area (Å²) in [5.41, 5.74) is 2.65. The lowest BCUT2D eigenvalue weighted by atomic mass is 10.4. The molecule has 1 N–H and O–H groups in total. The largest absolute Gasteiger partial charge is 0.285 e. The number of rotatable bonds is 2. The summed E-state index contributed by atoms with van der Waals surface area (Å²) in [5, 5.41) is 3.51. The van der Waals surface area contributed by atoms with Crippen LogP contribution >= 0.6 is 11.3 Å². The number of hydrogen-bond donors (Lipinski definition) is 1. The monoisotopic (exact) mass is 170 g/mol. The van der Waals surface area contributed by atoms with Crippen LogP contribution in [0.3, 0.4) is 0 Å². The van der Waals surface area contributed by atoms with Gasteiger partial charge >= 0.3 is 0 Å². The normalized spacial score (nSPS) is 10.1. The van der Waals surface area contributed by atoms with Gasteiger partial charge in [0.25, 0.3) is 5.91 Å². The van der Waals surface area contributed by atoms with E-state index in [1.807, 2.05) is 11.4 Å². The molecule has 0 radical (unpaired) electrons. The summed E-state index contributed by atoms with van der Waals surface area (Å²) in [6.07, 6.45) is 0. The molecule has 0 aromatic carbocycles. The van der Waals surface area contributed by atoms with Gasteiger partial charge in [-0.05, 0) is 11.4 Å². The first kappa shape index (κ1) is 8.23. The summed E-state index contributed by atoms with van der Waals surface area (Å²) in [6, 6.07) is 3.65. The predicted molar refractivity (Wildman–Crippen MR) is 45.5 cm³/mol. The first-order valence-corrected chi connectivity index (χ1v) is 4.10. The molecule has 0 spiro atoms. The van der Waals surface area contributed by atoms with Gasteiger partial charge in [-0.3, -0.25) is 10.2 Å². The van der Waals surface area contributed by atoms with Crippen molar-refractivity contribution in [2.24, 2.45) is 0 Å². The van der Waals surface area contributed by atoms with E-state index in [1.54, 1.807) is 25.2 Å². The quantitative estimate of drug-likeness (QED) is 0.670. The van der Waals surface area contributed by atoms with Crippen molar-refractivity contribution in [1.29, 1.82) is 0 Å². The molecular formula is C7H10N2OS. The van der Waals surface area contributed by atoms with Crippen LogP contribution in [0.25, 0.3) is 0 Å². The lowest BCUT2D eigenvalue weighted by molar-refractivity contribution is 0.0861. The molecule has 0 saturated heterocycles. The highest BCUT2D eigenvalue weighted by Gasteiger charge is 2.05. The molecule has 4 heteroatoms. The van der Waals surface area contributed by atoms with Crippen LogP contribution in [0.4, 0.5) is 0 Å². The van der Waals surface area contributed by atoms with Crippen molar-refractivity contribution < 1.29 is 4.79 Å². The van der Waals surface area contributed by atoms with Gasteiger partial charge in [-0.1, -0.05) is 6.07 Å². The Morgan fingerprint density at radius 3 is 2.82 bits per heavy atom. The average molecular weight is 170 g/mol. The number of carbonyl (C=O) groups excluding carboxylic acids is 1. The van der Waals surface area contributed by atoms with Crippen molar-refractivity contribution in [3.05, 3.63) is 22.4 Å². The van der Waals surface area contributed by atoms with Gasteiger partial charge in [-0.15, -0.1) is 11.3 Å². The number of nitrogens with zero attached hydrogens (tertiary/aromatic N) is 1. The minimum Gasteiger partial charge on any atom is -0.285 e. The van der Waals surface area contributed by atoms with Crippen LogP contribution in [0, 0.1) is 0 Å². The van der Waals surface area contributed by atoms with Crippen molar-refractivity contribution in [3.63, 3.8) is 0 Å². The van der Waals surface area contributed by atoms with Gasteiger partial charge < -0.3 is 0 Å². The summed E-state index contributed by atoms with van der Waals surface area (Å²) < 4.78 is 0. The molecule has 0 atom stereocenters. The molecule has 3 nitrogen and oxygen atoms in total. The minimum absolute atomic E-state index is 0.0509. The fraction of sp³-hybridized carbons (Fsp3) is 0.286. The van der Waals surface area contributed by atoms with E-state index >= 15 is 0 Å². The summed E-state index contributed by atoms with van der Waals surface area (Å²) in [5.74, 6) is -0.0509. The van der Waals surface area contributed by atoms with Crippen LogP contribution in [-0.4, -0.2) is 25.0 Å². The lowest BCUT2D eigenvalue weighted by Gasteiger charge is -2.09. The Labute approximate surface area is 69.6 Å². The Hall–Kier alpha value is -0.870. The Balaban J connectivity index is 2.57. The summed E-state index contributed by atoms with van der Waals surface area (Å²) in [4.78, 5) is 11.9. The zero-order valence-corrected chi connectivity index (χ0v) is 7.31. The van der Waals surface area contributed by atoms with Crippen LogP contribution in [0.15, 0.2) is 17.5 Å². The standard InChI is InChI=1S/C7H10N2OS/c1-9(2)8-7(10)6-4-3-5-11-6/h3-5H,1-2H3,(H,8,10). The second kappa shape index (κ2) is 3.50. The van der Waals surface area contributed by atoms with Crippen LogP contribution in [0.5, 0.6) is 0 Å². The molecule has 1 amide bonds. The highest BCUT2D eigenvalue weighted by molar-refractivity contribution is 7.12. The number of hydrazine groups is 1. The fourth-order valence-corrected chi connectivity index (χ4v) is 1.28. The lowest BCUT2D eigenvalue weighted by Crippen LogP contribution is -2.35. The Morgan fingerprint density at radius 2 is 2.36 bits per heavy atom. The Bertz CT molecular complexity index is 231. The van der Waals surface area contributed by atoms with Crippen molar-refractivity contribution in [2.75, 3.05) is 14.1 Å². The van der Waals surface area contributed by atoms with E-state index in [0.717, 1.165) is 4.88 Å². The van der Waals surface area contributed by atoms with Gasteiger partial charge in [-0.25, -0.2) is 5.01 Å². The smallest absolute Gasteiger partial charge is 0.275 e. The van der Waals surface area contributed by atoms with Crippen LogP contribution in [-0.2, 0) is 0 Å². The summed E-state index contributed by atoms with van der Waals surface area (Å²) >= 11 is 1.43. The van der Waals surface area contributed by atoms with E-state index in [9.17, 15) is 4.79 Å². The summed E-state index contributed by atoms with van der Waals surface area (Å²) in [6.45, 7) is 0. The molecule has 0 saturated carbocycles. The van der Waals surface area contributed by atoms with Crippen molar-refractivity contribution in [2.45, 2.75) is 0 Å². The number of amides is 1. The van der Waals surface area contributed by atoms with Crippen LogP contribution < -0.4 is 5.43 Å². The third kappa shape index (κ3) is 2.32.